The number of unbranched alkanes of at least 4 members (excludes halogenated alkanes) is 1. The smallest absolute Gasteiger partial charge is 0.251 e. The Morgan fingerprint density at radius 2 is 1.45 bits per heavy atom. The van der Waals surface area contributed by atoms with Crippen LogP contribution in [0.2, 0.25) is 0 Å². The van der Waals surface area contributed by atoms with Crippen LogP contribution in [0.3, 0.4) is 0 Å². The van der Waals surface area contributed by atoms with E-state index >= 15 is 0 Å². The van der Waals surface area contributed by atoms with Crippen molar-refractivity contribution in [3.8, 4) is 0 Å². The molecule has 0 aromatic heterocycles. The number of amides is 2. The quantitative estimate of drug-likeness (QED) is 0.101. The lowest BCUT2D eigenvalue weighted by atomic mass is 9.63. The highest BCUT2D eigenvalue weighted by Gasteiger charge is 2.37. The van der Waals surface area contributed by atoms with Gasteiger partial charge in [0.2, 0.25) is 5.91 Å². The summed E-state index contributed by atoms with van der Waals surface area (Å²) in [6.45, 7) is 12.8. The molecule has 0 atom stereocenters. The number of fused-ring (bicyclic) bond motifs is 1. The summed E-state index contributed by atoms with van der Waals surface area (Å²) in [6.07, 6.45) is 9.48. The number of rotatable bonds is 13. The molecule has 0 saturated carbocycles. The fraction of sp³-hybridized carbons (Fsp3) is 0.528. The first-order chi connectivity index (χ1) is 21.0. The van der Waals surface area contributed by atoms with Crippen molar-refractivity contribution in [2.24, 2.45) is 0 Å². The summed E-state index contributed by atoms with van der Waals surface area (Å²) in [6, 6.07) is 13.3. The summed E-state index contributed by atoms with van der Waals surface area (Å²) < 4.78 is 5.47. The molecular formula is C36H50N2O4S2. The van der Waals surface area contributed by atoms with Crippen LogP contribution in [0.25, 0.3) is 6.08 Å². The fourth-order valence-electron chi connectivity index (χ4n) is 5.18. The zero-order chi connectivity index (χ0) is 32.0. The first-order valence-corrected chi connectivity index (χ1v) is 18.4. The molecule has 0 bridgehead atoms. The maximum Gasteiger partial charge on any atom is 0.251 e. The summed E-state index contributed by atoms with van der Waals surface area (Å²) in [5.74, 6) is 2.59. The molecule has 6 nitrogen and oxygen atoms in total. The van der Waals surface area contributed by atoms with E-state index in [0.29, 0.717) is 43.9 Å². The summed E-state index contributed by atoms with van der Waals surface area (Å²) in [7, 11) is 3.98. The van der Waals surface area contributed by atoms with E-state index in [4.69, 9.17) is 4.74 Å². The van der Waals surface area contributed by atoms with Gasteiger partial charge in [0.15, 0.2) is 5.78 Å². The average Bonchev–Trinajstić information content (AvgIpc) is 3.61. The van der Waals surface area contributed by atoms with Gasteiger partial charge in [-0.2, -0.15) is 0 Å². The van der Waals surface area contributed by atoms with Gasteiger partial charge in [-0.05, 0) is 77.5 Å². The van der Waals surface area contributed by atoms with Gasteiger partial charge in [0.25, 0.3) is 5.91 Å². The summed E-state index contributed by atoms with van der Waals surface area (Å²) in [5, 5.41) is 5.65. The zero-order valence-electron chi connectivity index (χ0n) is 27.1. The number of hydrogen-bond donors (Lipinski definition) is 2. The van der Waals surface area contributed by atoms with Crippen molar-refractivity contribution in [3.63, 3.8) is 0 Å². The summed E-state index contributed by atoms with van der Waals surface area (Å²) in [4.78, 5) is 36.9. The molecule has 2 amide bonds. The minimum absolute atomic E-state index is 0.0284. The maximum atomic E-state index is 13.0. The Balaban J connectivity index is 0.000000958. The minimum atomic E-state index is -0.183. The van der Waals surface area contributed by atoms with Crippen LogP contribution in [0.5, 0.6) is 0 Å². The highest BCUT2D eigenvalue weighted by atomic mass is 33.1. The van der Waals surface area contributed by atoms with Gasteiger partial charge in [0, 0.05) is 42.1 Å². The molecule has 2 aromatic carbocycles. The molecule has 44 heavy (non-hydrogen) atoms. The van der Waals surface area contributed by atoms with Gasteiger partial charge in [-0.15, -0.1) is 0 Å². The van der Waals surface area contributed by atoms with Crippen molar-refractivity contribution in [1.82, 2.24) is 10.6 Å². The molecule has 0 unspecified atom stereocenters. The second-order valence-electron chi connectivity index (χ2n) is 12.7. The summed E-state index contributed by atoms with van der Waals surface area (Å²) >= 11 is 0. The topological polar surface area (TPSA) is 84.5 Å². The Labute approximate surface area is 272 Å². The van der Waals surface area contributed by atoms with Crippen molar-refractivity contribution in [2.75, 3.05) is 37.8 Å². The van der Waals surface area contributed by atoms with Crippen LogP contribution in [0.15, 0.2) is 48.5 Å². The highest BCUT2D eigenvalue weighted by Crippen LogP contribution is 2.45. The maximum absolute atomic E-state index is 13.0. The van der Waals surface area contributed by atoms with E-state index < -0.39 is 0 Å². The Hall–Kier alpha value is -2.55. The third-order valence-electron chi connectivity index (χ3n) is 8.13. The third-order valence-corrected chi connectivity index (χ3v) is 10.7. The number of allylic oxidation sites excluding steroid dienone is 1. The van der Waals surface area contributed by atoms with Crippen LogP contribution in [0.1, 0.15) is 111 Å². The van der Waals surface area contributed by atoms with E-state index in [9.17, 15) is 14.4 Å². The molecule has 240 valence electrons. The Bertz CT molecular complexity index is 1260. The first kappa shape index (κ1) is 35.9. The standard InChI is InChI=1S/C33H44N2O4.C3H6S2/c1-6-7-8-30(37)34-19-21-39-22-20-35-31(38)25-12-9-24(10-13-25)11-16-29(36)26-14-15-27-28(23-26)33(4,5)18-17-32(27,2)3;1-2-4-5-3-1/h9-16,23H,6-8,17-22H2,1-5H3,(H,34,37)(H,35,38);1-3H2/b16-11+;. The number of carbonyl (C=O) groups excluding carboxylic acids is 3. The number of hydrogen-bond acceptors (Lipinski definition) is 6. The van der Waals surface area contributed by atoms with E-state index in [0.717, 1.165) is 31.2 Å². The lowest BCUT2D eigenvalue weighted by Gasteiger charge is -2.42. The van der Waals surface area contributed by atoms with Crippen LogP contribution >= 0.6 is 21.6 Å². The van der Waals surface area contributed by atoms with E-state index in [2.05, 4.69) is 57.4 Å². The number of carbonyl (C=O) groups is 3. The average molecular weight is 639 g/mol. The molecule has 1 saturated heterocycles. The number of benzene rings is 2. The van der Waals surface area contributed by atoms with Gasteiger partial charge in [0.1, 0.15) is 0 Å². The molecule has 2 N–H and O–H groups in total. The monoisotopic (exact) mass is 638 g/mol. The van der Waals surface area contributed by atoms with Crippen LogP contribution < -0.4 is 10.6 Å². The van der Waals surface area contributed by atoms with E-state index in [1.807, 2.05) is 39.8 Å². The Morgan fingerprint density at radius 1 is 0.841 bits per heavy atom. The summed E-state index contributed by atoms with van der Waals surface area (Å²) in [5.41, 5.74) is 4.88. The fourth-order valence-corrected chi connectivity index (χ4v) is 7.54. The molecule has 0 radical (unpaired) electrons. The zero-order valence-corrected chi connectivity index (χ0v) is 28.8. The predicted octanol–water partition coefficient (Wildman–Crippen LogP) is 7.76. The molecule has 2 aromatic rings. The lowest BCUT2D eigenvalue weighted by Crippen LogP contribution is -2.34. The molecule has 1 fully saturated rings. The first-order valence-electron chi connectivity index (χ1n) is 15.9. The van der Waals surface area contributed by atoms with Crippen molar-refractivity contribution in [3.05, 3.63) is 76.4 Å². The van der Waals surface area contributed by atoms with Crippen molar-refractivity contribution in [2.45, 2.75) is 84.0 Å². The largest absolute Gasteiger partial charge is 0.378 e. The molecule has 0 spiro atoms. The van der Waals surface area contributed by atoms with Crippen molar-refractivity contribution < 1.29 is 19.1 Å². The normalized spacial score (nSPS) is 16.5. The minimum Gasteiger partial charge on any atom is -0.378 e. The molecule has 4 rings (SSSR count). The van der Waals surface area contributed by atoms with Gasteiger partial charge < -0.3 is 15.4 Å². The van der Waals surface area contributed by atoms with Crippen molar-refractivity contribution in [1.29, 1.82) is 0 Å². The SMILES string of the molecule is C1CSSC1.CCCCC(=O)NCCOCCNC(=O)c1ccc(/C=C/C(=O)c2ccc3c(c2)C(C)(C)CCC3(C)C)cc1. The predicted molar refractivity (Wildman–Crippen MR) is 187 cm³/mol. The molecular weight excluding hydrogens is 589 g/mol. The molecule has 8 heteroatoms. The lowest BCUT2D eigenvalue weighted by molar-refractivity contribution is -0.121. The van der Waals surface area contributed by atoms with Gasteiger partial charge in [-0.25, -0.2) is 0 Å². The molecule has 1 aliphatic carbocycles. The van der Waals surface area contributed by atoms with Gasteiger partial charge in [-0.1, -0.05) is 93.0 Å². The number of ketones is 1. The van der Waals surface area contributed by atoms with Gasteiger partial charge in [-0.3, -0.25) is 14.4 Å². The van der Waals surface area contributed by atoms with E-state index in [1.54, 1.807) is 24.3 Å². The van der Waals surface area contributed by atoms with Crippen molar-refractivity contribution >= 4 is 45.3 Å². The van der Waals surface area contributed by atoms with Crippen LogP contribution in [-0.2, 0) is 20.4 Å². The van der Waals surface area contributed by atoms with Crippen LogP contribution in [0, 0.1) is 0 Å². The van der Waals surface area contributed by atoms with E-state index in [-0.39, 0.29) is 28.4 Å². The molecule has 1 aliphatic heterocycles. The number of ether oxygens (including phenoxy) is 1. The molecule has 1 heterocycles. The second kappa shape index (κ2) is 17.8. The Kier molecular flexibility index (Phi) is 14.5. The van der Waals surface area contributed by atoms with Crippen LogP contribution in [-0.4, -0.2) is 55.4 Å². The molecule has 2 aliphatic rings. The second-order valence-corrected chi connectivity index (χ2v) is 15.4. The number of nitrogens with one attached hydrogen (secondary N) is 2. The van der Waals surface area contributed by atoms with Crippen LogP contribution in [0.4, 0.5) is 0 Å². The van der Waals surface area contributed by atoms with Gasteiger partial charge in [0.05, 0.1) is 13.2 Å². The Morgan fingerprint density at radius 3 is 2.07 bits per heavy atom. The van der Waals surface area contributed by atoms with Gasteiger partial charge >= 0.3 is 0 Å². The van der Waals surface area contributed by atoms with E-state index in [1.165, 1.54) is 29.1 Å². The third kappa shape index (κ3) is 11.4. The highest BCUT2D eigenvalue weighted by molar-refractivity contribution is 8.77.